The first kappa shape index (κ1) is 11.8. The molecule has 0 spiro atoms. The molecule has 1 rings (SSSR count). The quantitative estimate of drug-likeness (QED) is 0.819. The van der Waals surface area contributed by atoms with Crippen molar-refractivity contribution in [3.05, 3.63) is 23.9 Å². The number of halogens is 2. The van der Waals surface area contributed by atoms with Crippen molar-refractivity contribution in [1.82, 2.24) is 4.98 Å². The molecule has 0 amide bonds. The van der Waals surface area contributed by atoms with Gasteiger partial charge >= 0.3 is 0 Å². The molecular weight excluding hydrogens is 202 g/mol. The highest BCUT2D eigenvalue weighted by molar-refractivity contribution is 5.36. The van der Waals surface area contributed by atoms with Gasteiger partial charge in [-0.15, -0.1) is 0 Å². The molecule has 1 unspecified atom stereocenters. The van der Waals surface area contributed by atoms with E-state index in [2.05, 4.69) is 10.3 Å². The smallest absolute Gasteiger partial charge is 0.168 e. The van der Waals surface area contributed by atoms with Crippen molar-refractivity contribution in [3.8, 4) is 0 Å². The topological polar surface area (TPSA) is 34.1 Å². The summed E-state index contributed by atoms with van der Waals surface area (Å²) >= 11 is 0. The maximum absolute atomic E-state index is 13.1. The Morgan fingerprint density at radius 3 is 2.87 bits per heavy atom. The molecule has 0 bridgehead atoms. The molecule has 1 aromatic rings. The molecule has 0 aromatic carbocycles. The van der Waals surface area contributed by atoms with Crippen molar-refractivity contribution in [1.29, 1.82) is 0 Å². The largest absolute Gasteiger partial charge is 0.380 e. The van der Waals surface area contributed by atoms with Crippen LogP contribution in [0.1, 0.15) is 13.8 Å². The van der Waals surface area contributed by atoms with Crippen molar-refractivity contribution in [2.45, 2.75) is 19.9 Å². The van der Waals surface area contributed by atoms with E-state index in [1.165, 1.54) is 0 Å². The molecule has 84 valence electrons. The third-order valence-corrected chi connectivity index (χ3v) is 1.76. The van der Waals surface area contributed by atoms with E-state index in [0.717, 1.165) is 12.3 Å². The average Bonchev–Trinajstić information content (AvgIpc) is 2.19. The molecule has 1 aromatic heterocycles. The van der Waals surface area contributed by atoms with Crippen LogP contribution < -0.4 is 5.32 Å². The second-order valence-electron chi connectivity index (χ2n) is 3.19. The van der Waals surface area contributed by atoms with E-state index in [1.807, 2.05) is 13.8 Å². The summed E-state index contributed by atoms with van der Waals surface area (Å²) in [6.45, 7) is 4.77. The number of rotatable bonds is 5. The monoisotopic (exact) mass is 216 g/mol. The van der Waals surface area contributed by atoms with Gasteiger partial charge < -0.3 is 10.1 Å². The molecule has 0 radical (unpaired) electrons. The predicted molar refractivity (Wildman–Crippen MR) is 53.7 cm³/mol. The lowest BCUT2D eigenvalue weighted by atomic mass is 10.3. The Hall–Kier alpha value is -1.23. The van der Waals surface area contributed by atoms with E-state index in [1.54, 1.807) is 0 Å². The van der Waals surface area contributed by atoms with Gasteiger partial charge in [-0.3, -0.25) is 0 Å². The maximum Gasteiger partial charge on any atom is 0.168 e. The van der Waals surface area contributed by atoms with Gasteiger partial charge in [0, 0.05) is 18.7 Å². The van der Waals surface area contributed by atoms with Crippen molar-refractivity contribution in [3.63, 3.8) is 0 Å². The number of anilines is 1. The first-order valence-electron chi connectivity index (χ1n) is 4.78. The standard InChI is InChI=1S/C10H14F2N2O/c1-3-15-6-7(2)14-10-9(12)4-8(11)5-13-10/h4-5,7H,3,6H2,1-2H3,(H,13,14). The molecule has 0 fully saturated rings. The van der Waals surface area contributed by atoms with Gasteiger partial charge in [0.2, 0.25) is 0 Å². The van der Waals surface area contributed by atoms with Crippen LogP contribution in [0.2, 0.25) is 0 Å². The third kappa shape index (κ3) is 3.79. The first-order valence-corrected chi connectivity index (χ1v) is 4.78. The zero-order valence-corrected chi connectivity index (χ0v) is 8.76. The Balaban J connectivity index is 2.56. The zero-order chi connectivity index (χ0) is 11.3. The van der Waals surface area contributed by atoms with Crippen LogP contribution in [0, 0.1) is 11.6 Å². The molecule has 0 aliphatic carbocycles. The minimum Gasteiger partial charge on any atom is -0.380 e. The van der Waals surface area contributed by atoms with Crippen molar-refractivity contribution in [2.75, 3.05) is 18.5 Å². The Kier molecular flexibility index (Phi) is 4.42. The van der Waals surface area contributed by atoms with Gasteiger partial charge in [-0.1, -0.05) is 0 Å². The second-order valence-corrected chi connectivity index (χ2v) is 3.19. The van der Waals surface area contributed by atoms with Crippen LogP contribution in [-0.4, -0.2) is 24.2 Å². The lowest BCUT2D eigenvalue weighted by Gasteiger charge is -2.14. The number of aromatic nitrogens is 1. The van der Waals surface area contributed by atoms with Gasteiger partial charge in [-0.2, -0.15) is 0 Å². The fourth-order valence-corrected chi connectivity index (χ4v) is 1.09. The molecule has 1 atom stereocenters. The summed E-state index contributed by atoms with van der Waals surface area (Å²) in [6.07, 6.45) is 0.971. The molecule has 1 N–H and O–H groups in total. The van der Waals surface area contributed by atoms with Crippen LogP contribution in [0.3, 0.4) is 0 Å². The van der Waals surface area contributed by atoms with Crippen molar-refractivity contribution >= 4 is 5.82 Å². The van der Waals surface area contributed by atoms with E-state index in [9.17, 15) is 8.78 Å². The molecule has 0 saturated heterocycles. The van der Waals surface area contributed by atoms with E-state index >= 15 is 0 Å². The highest BCUT2D eigenvalue weighted by Gasteiger charge is 2.08. The fourth-order valence-electron chi connectivity index (χ4n) is 1.09. The minimum absolute atomic E-state index is 0.0450. The Labute approximate surface area is 87.5 Å². The molecular formula is C10H14F2N2O. The van der Waals surface area contributed by atoms with Crippen LogP contribution in [0.15, 0.2) is 12.3 Å². The van der Waals surface area contributed by atoms with Gasteiger partial charge in [0.25, 0.3) is 0 Å². The highest BCUT2D eigenvalue weighted by Crippen LogP contribution is 2.12. The molecule has 3 nitrogen and oxygen atoms in total. The molecule has 0 saturated carbocycles. The molecule has 0 aliphatic heterocycles. The number of ether oxygens (including phenoxy) is 1. The summed E-state index contributed by atoms with van der Waals surface area (Å²) in [4.78, 5) is 3.61. The molecule has 15 heavy (non-hydrogen) atoms. The third-order valence-electron chi connectivity index (χ3n) is 1.76. The van der Waals surface area contributed by atoms with Crippen LogP contribution in [0.4, 0.5) is 14.6 Å². The summed E-state index contributed by atoms with van der Waals surface area (Å²) in [5, 5.41) is 2.79. The van der Waals surface area contributed by atoms with E-state index in [0.29, 0.717) is 13.2 Å². The molecule has 0 aliphatic rings. The van der Waals surface area contributed by atoms with E-state index < -0.39 is 11.6 Å². The first-order chi connectivity index (χ1) is 7.13. The van der Waals surface area contributed by atoms with Gasteiger partial charge in [0.15, 0.2) is 11.6 Å². The van der Waals surface area contributed by atoms with Gasteiger partial charge in [-0.25, -0.2) is 13.8 Å². The summed E-state index contributed by atoms with van der Waals surface area (Å²) in [6, 6.07) is 0.723. The summed E-state index contributed by atoms with van der Waals surface area (Å²) in [5.41, 5.74) is 0. The Morgan fingerprint density at radius 1 is 1.53 bits per heavy atom. The highest BCUT2D eigenvalue weighted by atomic mass is 19.1. The van der Waals surface area contributed by atoms with E-state index in [-0.39, 0.29) is 11.9 Å². The molecule has 1 heterocycles. The number of nitrogens with zero attached hydrogens (tertiary/aromatic N) is 1. The maximum atomic E-state index is 13.1. The zero-order valence-electron chi connectivity index (χ0n) is 8.76. The predicted octanol–water partition coefficient (Wildman–Crippen LogP) is 2.20. The van der Waals surface area contributed by atoms with Crippen LogP contribution in [-0.2, 0) is 4.74 Å². The normalized spacial score (nSPS) is 12.5. The van der Waals surface area contributed by atoms with Gasteiger partial charge in [0.05, 0.1) is 12.8 Å². The SMILES string of the molecule is CCOCC(C)Nc1ncc(F)cc1F. The van der Waals surface area contributed by atoms with Crippen molar-refractivity contribution < 1.29 is 13.5 Å². The number of hydrogen-bond donors (Lipinski definition) is 1. The minimum atomic E-state index is -0.696. The number of nitrogens with one attached hydrogen (secondary N) is 1. The Morgan fingerprint density at radius 2 is 2.27 bits per heavy atom. The van der Waals surface area contributed by atoms with Crippen LogP contribution >= 0.6 is 0 Å². The van der Waals surface area contributed by atoms with Crippen molar-refractivity contribution in [2.24, 2.45) is 0 Å². The van der Waals surface area contributed by atoms with E-state index in [4.69, 9.17) is 4.74 Å². The number of pyridine rings is 1. The fraction of sp³-hybridized carbons (Fsp3) is 0.500. The average molecular weight is 216 g/mol. The summed E-state index contributed by atoms with van der Waals surface area (Å²) in [7, 11) is 0. The van der Waals surface area contributed by atoms with Crippen LogP contribution in [0.25, 0.3) is 0 Å². The summed E-state index contributed by atoms with van der Waals surface area (Å²) in [5.74, 6) is -1.34. The lowest BCUT2D eigenvalue weighted by Crippen LogP contribution is -2.23. The number of hydrogen-bond acceptors (Lipinski definition) is 3. The molecule has 5 heteroatoms. The lowest BCUT2D eigenvalue weighted by molar-refractivity contribution is 0.141. The summed E-state index contributed by atoms with van der Waals surface area (Å²) < 4.78 is 30.8. The van der Waals surface area contributed by atoms with Crippen LogP contribution in [0.5, 0.6) is 0 Å². The van der Waals surface area contributed by atoms with Gasteiger partial charge in [-0.05, 0) is 13.8 Å². The van der Waals surface area contributed by atoms with Gasteiger partial charge in [0.1, 0.15) is 5.82 Å². The second kappa shape index (κ2) is 5.60. The Bertz CT molecular complexity index is 320.